The van der Waals surface area contributed by atoms with Crippen molar-refractivity contribution in [1.29, 1.82) is 0 Å². The highest BCUT2D eigenvalue weighted by atomic mass is 35.5. The van der Waals surface area contributed by atoms with Gasteiger partial charge in [0.25, 0.3) is 11.8 Å². The third-order valence-corrected chi connectivity index (χ3v) is 4.82. The van der Waals surface area contributed by atoms with E-state index in [1.807, 2.05) is 0 Å². The molecule has 0 unspecified atom stereocenters. The van der Waals surface area contributed by atoms with Crippen molar-refractivity contribution in [3.8, 4) is 11.3 Å². The fraction of sp³-hybridized carbons (Fsp3) is 0.0455. The molecule has 2 aromatic carbocycles. The van der Waals surface area contributed by atoms with Gasteiger partial charge in [0, 0.05) is 5.56 Å². The van der Waals surface area contributed by atoms with E-state index in [1.54, 1.807) is 36.4 Å². The van der Waals surface area contributed by atoms with Crippen LogP contribution in [-0.4, -0.2) is 24.9 Å². The van der Waals surface area contributed by atoms with E-state index < -0.39 is 23.6 Å². The summed E-state index contributed by atoms with van der Waals surface area (Å²) < 4.78 is 23.8. The molecule has 0 radical (unpaired) electrons. The molecule has 9 heteroatoms. The van der Waals surface area contributed by atoms with Gasteiger partial charge in [-0.3, -0.25) is 15.0 Å². The lowest BCUT2D eigenvalue weighted by molar-refractivity contribution is -0.117. The van der Waals surface area contributed by atoms with Gasteiger partial charge in [-0.2, -0.15) is 0 Å². The summed E-state index contributed by atoms with van der Waals surface area (Å²) in [6.45, 7) is 0. The van der Waals surface area contributed by atoms with Crippen LogP contribution in [0.1, 0.15) is 16.1 Å². The Balaban J connectivity index is 1.60. The van der Waals surface area contributed by atoms with Crippen molar-refractivity contribution < 1.29 is 27.9 Å². The second-order valence-electron chi connectivity index (χ2n) is 6.51. The first-order valence-corrected chi connectivity index (χ1v) is 9.36. The summed E-state index contributed by atoms with van der Waals surface area (Å²) in [6, 6.07) is 13.5. The Bertz CT molecular complexity index is 1250. The van der Waals surface area contributed by atoms with E-state index in [0.29, 0.717) is 16.9 Å². The largest absolute Gasteiger partial charge is 0.465 e. The summed E-state index contributed by atoms with van der Waals surface area (Å²) in [7, 11) is 1.29. The maximum atomic E-state index is 13.4. The first-order valence-electron chi connectivity index (χ1n) is 8.98. The zero-order valence-electron chi connectivity index (χ0n) is 16.0. The Labute approximate surface area is 180 Å². The number of ether oxygens (including phenoxy) is 1. The van der Waals surface area contributed by atoms with Crippen molar-refractivity contribution in [1.82, 2.24) is 5.43 Å². The Kier molecular flexibility index (Phi) is 5.31. The number of hydrogen-bond acceptors (Lipinski definition) is 5. The normalized spacial score (nSPS) is 14.8. The molecule has 3 aromatic rings. The molecule has 1 aliphatic heterocycles. The number of nitrogens with one attached hydrogen (secondary N) is 1. The summed E-state index contributed by atoms with van der Waals surface area (Å²) in [4.78, 5) is 36.7. The number of methoxy groups -OCH3 is 1. The number of carbonyl (C=O) groups is 3. The van der Waals surface area contributed by atoms with Crippen LogP contribution in [0.4, 0.5) is 10.1 Å². The molecule has 2 amide bonds. The Morgan fingerprint density at radius 3 is 2.71 bits per heavy atom. The lowest BCUT2D eigenvalue weighted by atomic mass is 10.1. The molecule has 1 fully saturated rings. The topological polar surface area (TPSA) is 88.9 Å². The van der Waals surface area contributed by atoms with Crippen molar-refractivity contribution in [3.05, 3.63) is 82.3 Å². The minimum atomic E-state index is -0.643. The average Bonchev–Trinajstić information content (AvgIpc) is 3.35. The van der Waals surface area contributed by atoms with E-state index in [4.69, 9.17) is 20.8 Å². The zero-order valence-corrected chi connectivity index (χ0v) is 16.8. The number of hydrazine groups is 1. The van der Waals surface area contributed by atoms with E-state index >= 15 is 0 Å². The van der Waals surface area contributed by atoms with Crippen molar-refractivity contribution in [2.24, 2.45) is 0 Å². The summed E-state index contributed by atoms with van der Waals surface area (Å²) in [5, 5.41) is 0.797. The van der Waals surface area contributed by atoms with Crippen molar-refractivity contribution >= 4 is 41.1 Å². The Hall–Kier alpha value is -3.91. The number of nitrogens with zero attached hydrogens (tertiary/aromatic N) is 1. The van der Waals surface area contributed by atoms with Crippen LogP contribution in [0.25, 0.3) is 17.4 Å². The molecule has 0 atom stereocenters. The zero-order chi connectivity index (χ0) is 22.1. The lowest BCUT2D eigenvalue weighted by Crippen LogP contribution is -2.35. The van der Waals surface area contributed by atoms with Crippen LogP contribution in [0.15, 0.2) is 64.6 Å². The summed E-state index contributed by atoms with van der Waals surface area (Å²) >= 11 is 5.76. The minimum Gasteiger partial charge on any atom is -0.465 e. The molecule has 7 nitrogen and oxygen atoms in total. The fourth-order valence-electron chi connectivity index (χ4n) is 3.01. The van der Waals surface area contributed by atoms with E-state index in [2.05, 4.69) is 5.43 Å². The minimum absolute atomic E-state index is 0.162. The van der Waals surface area contributed by atoms with Gasteiger partial charge < -0.3 is 9.15 Å². The van der Waals surface area contributed by atoms with E-state index in [0.717, 1.165) is 11.1 Å². The van der Waals surface area contributed by atoms with Crippen LogP contribution in [-0.2, 0) is 14.3 Å². The van der Waals surface area contributed by atoms with Gasteiger partial charge in [0.1, 0.15) is 22.9 Å². The summed E-state index contributed by atoms with van der Waals surface area (Å²) in [6.07, 6.45) is 1.30. The maximum Gasteiger partial charge on any atom is 0.337 e. The number of carbonyl (C=O) groups excluding carboxylic acids is 3. The number of furan rings is 1. The lowest BCUT2D eigenvalue weighted by Gasteiger charge is -2.14. The van der Waals surface area contributed by atoms with E-state index in [1.165, 1.54) is 25.3 Å². The third kappa shape index (κ3) is 3.93. The number of rotatable bonds is 4. The van der Waals surface area contributed by atoms with Gasteiger partial charge in [0.05, 0.1) is 23.4 Å². The molecule has 0 aliphatic carbocycles. The first kappa shape index (κ1) is 20.4. The molecule has 4 rings (SSSR count). The van der Waals surface area contributed by atoms with E-state index in [9.17, 15) is 18.8 Å². The number of amides is 2. The number of hydrogen-bond donors (Lipinski definition) is 1. The molecule has 0 saturated carbocycles. The first-order chi connectivity index (χ1) is 14.9. The highest BCUT2D eigenvalue weighted by molar-refractivity contribution is 6.33. The smallest absolute Gasteiger partial charge is 0.337 e. The predicted octanol–water partition coefficient (Wildman–Crippen LogP) is 3.99. The molecular formula is C22H14ClFN2O5. The van der Waals surface area contributed by atoms with Crippen molar-refractivity contribution in [2.45, 2.75) is 0 Å². The van der Waals surface area contributed by atoms with Crippen LogP contribution in [0.5, 0.6) is 0 Å². The second-order valence-corrected chi connectivity index (χ2v) is 6.92. The van der Waals surface area contributed by atoms with Gasteiger partial charge in [-0.15, -0.1) is 0 Å². The summed E-state index contributed by atoms with van der Waals surface area (Å²) in [5.74, 6) is -1.71. The monoisotopic (exact) mass is 440 g/mol. The van der Waals surface area contributed by atoms with Gasteiger partial charge in [-0.1, -0.05) is 23.7 Å². The SMILES string of the molecule is COC(=O)c1cccc(-c2ccc(/C=C3\C(=O)NN(c4ccc(F)c(Cl)c4)C3=O)o2)c1. The highest BCUT2D eigenvalue weighted by Gasteiger charge is 2.35. The van der Waals surface area contributed by atoms with Crippen LogP contribution in [0, 0.1) is 5.82 Å². The van der Waals surface area contributed by atoms with Gasteiger partial charge in [0.15, 0.2) is 0 Å². The van der Waals surface area contributed by atoms with Gasteiger partial charge in [-0.05, 0) is 48.5 Å². The van der Waals surface area contributed by atoms with Gasteiger partial charge in [-0.25, -0.2) is 14.2 Å². The molecule has 156 valence electrons. The molecule has 0 spiro atoms. The molecule has 1 saturated heterocycles. The van der Waals surface area contributed by atoms with Crippen molar-refractivity contribution in [3.63, 3.8) is 0 Å². The third-order valence-electron chi connectivity index (χ3n) is 4.53. The fourth-order valence-corrected chi connectivity index (χ4v) is 3.18. The number of esters is 1. The molecule has 2 heterocycles. The van der Waals surface area contributed by atoms with Crippen LogP contribution < -0.4 is 10.4 Å². The molecular weight excluding hydrogens is 427 g/mol. The van der Waals surface area contributed by atoms with Crippen molar-refractivity contribution in [2.75, 3.05) is 12.1 Å². The number of anilines is 1. The standard InChI is InChI=1S/C22H14ClFN2O5/c1-30-22(29)13-4-2-3-12(9-13)19-8-6-15(31-19)11-16-20(27)25-26(21(16)28)14-5-7-18(24)17(23)10-14/h2-11H,1H3,(H,25,27)/b16-11+. The Morgan fingerprint density at radius 2 is 1.97 bits per heavy atom. The molecule has 1 aliphatic rings. The highest BCUT2D eigenvalue weighted by Crippen LogP contribution is 2.28. The van der Waals surface area contributed by atoms with Gasteiger partial charge in [0.2, 0.25) is 0 Å². The van der Waals surface area contributed by atoms with Gasteiger partial charge >= 0.3 is 5.97 Å². The maximum absolute atomic E-state index is 13.4. The van der Waals surface area contributed by atoms with E-state index in [-0.39, 0.29) is 22.0 Å². The molecule has 1 N–H and O–H groups in total. The average molecular weight is 441 g/mol. The Morgan fingerprint density at radius 1 is 1.16 bits per heavy atom. The molecule has 31 heavy (non-hydrogen) atoms. The number of halogens is 2. The van der Waals surface area contributed by atoms with Crippen LogP contribution >= 0.6 is 11.6 Å². The second kappa shape index (κ2) is 8.08. The van der Waals surface area contributed by atoms with Crippen LogP contribution in [0.2, 0.25) is 5.02 Å². The quantitative estimate of drug-likeness (QED) is 0.376. The molecule has 1 aromatic heterocycles. The predicted molar refractivity (Wildman–Crippen MR) is 110 cm³/mol. The number of benzene rings is 2. The van der Waals surface area contributed by atoms with Crippen LogP contribution in [0.3, 0.4) is 0 Å². The molecule has 0 bridgehead atoms. The summed E-state index contributed by atoms with van der Waals surface area (Å²) in [5.41, 5.74) is 3.44.